The Hall–Kier alpha value is -2.45. The van der Waals surface area contributed by atoms with Crippen LogP contribution in [0.1, 0.15) is 33.3 Å². The Morgan fingerprint density at radius 1 is 1.31 bits per heavy atom. The number of likely N-dealkylation sites (tertiary alicyclic amines) is 1. The molecule has 2 aromatic heterocycles. The van der Waals surface area contributed by atoms with Crippen LogP contribution in [-0.2, 0) is 11.2 Å². The van der Waals surface area contributed by atoms with E-state index in [9.17, 15) is 9.90 Å². The Balaban J connectivity index is 0.000000207. The number of pyridine rings is 2. The molecule has 2 N–H and O–H groups in total. The molecule has 3 rings (SSSR count). The number of ether oxygens (including phenoxy) is 2. The van der Waals surface area contributed by atoms with Crippen LogP contribution in [0.3, 0.4) is 0 Å². The van der Waals surface area contributed by atoms with Crippen molar-refractivity contribution in [1.29, 1.82) is 0 Å². The third kappa shape index (κ3) is 6.83. The number of fused-ring (bicyclic) bond motifs is 1. The quantitative estimate of drug-likeness (QED) is 0.811. The highest BCUT2D eigenvalue weighted by Crippen LogP contribution is 2.18. The maximum absolute atomic E-state index is 11.4. The van der Waals surface area contributed by atoms with Crippen LogP contribution in [0.25, 0.3) is 11.0 Å². The fourth-order valence-electron chi connectivity index (χ4n) is 3.04. The summed E-state index contributed by atoms with van der Waals surface area (Å²) in [5.74, 6) is 0.639. The summed E-state index contributed by atoms with van der Waals surface area (Å²) in [6, 6.07) is 5.52. The summed E-state index contributed by atoms with van der Waals surface area (Å²) in [7, 11) is 3.52. The number of aliphatic hydroxyl groups is 1. The average Bonchev–Trinajstić information content (AvgIpc) is 2.96. The Kier molecular flexibility index (Phi) is 7.75. The van der Waals surface area contributed by atoms with Gasteiger partial charge in [-0.25, -0.2) is 9.78 Å². The predicted octanol–water partition coefficient (Wildman–Crippen LogP) is 2.39. The van der Waals surface area contributed by atoms with Gasteiger partial charge in [-0.15, -0.1) is 0 Å². The van der Waals surface area contributed by atoms with Crippen LogP contribution >= 0.6 is 0 Å². The van der Waals surface area contributed by atoms with Gasteiger partial charge >= 0.3 is 6.09 Å². The molecule has 1 aliphatic rings. The van der Waals surface area contributed by atoms with Gasteiger partial charge in [-0.3, -0.25) is 4.98 Å². The van der Waals surface area contributed by atoms with Crippen molar-refractivity contribution in [2.75, 3.05) is 27.2 Å². The Morgan fingerprint density at radius 3 is 2.59 bits per heavy atom. The van der Waals surface area contributed by atoms with E-state index < -0.39 is 17.8 Å². The van der Waals surface area contributed by atoms with E-state index in [1.165, 1.54) is 5.56 Å². The third-order valence-electron chi connectivity index (χ3n) is 4.41. The lowest BCUT2D eigenvalue weighted by Gasteiger charge is -2.22. The van der Waals surface area contributed by atoms with Gasteiger partial charge in [0.2, 0.25) is 5.88 Å². The van der Waals surface area contributed by atoms with E-state index in [2.05, 4.69) is 22.2 Å². The molecule has 1 fully saturated rings. The number of hydrogen-bond acceptors (Lipinski definition) is 7. The van der Waals surface area contributed by atoms with Crippen LogP contribution in [-0.4, -0.2) is 71.1 Å². The van der Waals surface area contributed by atoms with Crippen molar-refractivity contribution in [2.24, 2.45) is 0 Å². The topological polar surface area (TPSA) is 96.8 Å². The molecular weight excluding hydrogens is 372 g/mol. The molecule has 2 aromatic rings. The van der Waals surface area contributed by atoms with Gasteiger partial charge in [-0.1, -0.05) is 6.92 Å². The van der Waals surface area contributed by atoms with Crippen LogP contribution in [0, 0.1) is 0 Å². The van der Waals surface area contributed by atoms with E-state index in [1.54, 1.807) is 7.11 Å². The number of hydrogen-bond donors (Lipinski definition) is 2. The van der Waals surface area contributed by atoms with Gasteiger partial charge in [-0.05, 0) is 51.9 Å². The molecule has 0 bridgehead atoms. The second-order valence-electron chi connectivity index (χ2n) is 8.09. The number of nitrogens with one attached hydrogen (secondary N) is 1. The molecule has 0 spiro atoms. The van der Waals surface area contributed by atoms with Gasteiger partial charge < -0.3 is 24.8 Å². The van der Waals surface area contributed by atoms with E-state index >= 15 is 0 Å². The van der Waals surface area contributed by atoms with E-state index in [0.29, 0.717) is 19.0 Å². The largest absolute Gasteiger partial charge is 0.481 e. The summed E-state index contributed by atoms with van der Waals surface area (Å²) in [6.07, 6.45) is 1.79. The molecule has 0 aliphatic carbocycles. The molecule has 1 amide bonds. The van der Waals surface area contributed by atoms with E-state index in [1.807, 2.05) is 57.1 Å². The minimum absolute atomic E-state index is 0.232. The van der Waals surface area contributed by atoms with Gasteiger partial charge in [0.1, 0.15) is 5.60 Å². The van der Waals surface area contributed by atoms with Gasteiger partial charge in [0.15, 0.2) is 0 Å². The lowest BCUT2D eigenvalue weighted by Crippen LogP contribution is -2.45. The molecular formula is C21H32N4O4. The lowest BCUT2D eigenvalue weighted by atomic mass is 10.1. The van der Waals surface area contributed by atoms with E-state index in [-0.39, 0.29) is 6.04 Å². The first-order chi connectivity index (χ1) is 13.6. The summed E-state index contributed by atoms with van der Waals surface area (Å²) in [5, 5.41) is 12.3. The summed E-state index contributed by atoms with van der Waals surface area (Å²) < 4.78 is 10.2. The number of methoxy groups -OCH3 is 1. The van der Waals surface area contributed by atoms with Crippen molar-refractivity contribution in [1.82, 2.24) is 20.2 Å². The number of likely N-dealkylation sites (N-methyl/N-ethyl adjacent to an activating group) is 1. The second-order valence-corrected chi connectivity index (χ2v) is 8.09. The molecule has 8 heteroatoms. The van der Waals surface area contributed by atoms with Gasteiger partial charge in [0, 0.05) is 25.4 Å². The minimum Gasteiger partial charge on any atom is -0.481 e. The molecule has 1 aliphatic heterocycles. The number of nitrogens with zero attached hydrogens (tertiary/aromatic N) is 3. The molecule has 0 saturated carbocycles. The van der Waals surface area contributed by atoms with Crippen molar-refractivity contribution >= 4 is 17.1 Å². The van der Waals surface area contributed by atoms with Crippen molar-refractivity contribution in [3.63, 3.8) is 0 Å². The number of aryl methyl sites for hydroxylation is 1. The fourth-order valence-corrected chi connectivity index (χ4v) is 3.04. The fraction of sp³-hybridized carbons (Fsp3) is 0.571. The number of aliphatic hydroxyl groups excluding tert-OH is 1. The van der Waals surface area contributed by atoms with Crippen LogP contribution in [0.5, 0.6) is 5.88 Å². The molecule has 8 nitrogen and oxygen atoms in total. The maximum Gasteiger partial charge on any atom is 0.408 e. The van der Waals surface area contributed by atoms with Gasteiger partial charge in [-0.2, -0.15) is 0 Å². The number of carbonyl (C=O) groups excluding carboxylic acids is 1. The van der Waals surface area contributed by atoms with Crippen molar-refractivity contribution in [3.05, 3.63) is 30.0 Å². The smallest absolute Gasteiger partial charge is 0.408 e. The Morgan fingerprint density at radius 2 is 2.03 bits per heavy atom. The maximum atomic E-state index is 11.4. The van der Waals surface area contributed by atoms with Crippen LogP contribution in [0.15, 0.2) is 24.4 Å². The van der Waals surface area contributed by atoms with Crippen LogP contribution in [0.4, 0.5) is 4.79 Å². The van der Waals surface area contributed by atoms with Crippen molar-refractivity contribution < 1.29 is 19.4 Å². The minimum atomic E-state index is -0.512. The number of aromatic nitrogens is 2. The summed E-state index contributed by atoms with van der Waals surface area (Å²) in [4.78, 5) is 22.0. The van der Waals surface area contributed by atoms with Crippen molar-refractivity contribution in [2.45, 2.75) is 51.9 Å². The number of amides is 1. The Bertz CT molecular complexity index is 822. The predicted molar refractivity (Wildman–Crippen MR) is 112 cm³/mol. The summed E-state index contributed by atoms with van der Waals surface area (Å²) in [6.45, 7) is 8.77. The molecule has 2 unspecified atom stereocenters. The molecule has 2 atom stereocenters. The second kappa shape index (κ2) is 9.84. The van der Waals surface area contributed by atoms with Gasteiger partial charge in [0.05, 0.1) is 30.3 Å². The highest BCUT2D eigenvalue weighted by Gasteiger charge is 2.31. The third-order valence-corrected chi connectivity index (χ3v) is 4.41. The van der Waals surface area contributed by atoms with Crippen molar-refractivity contribution in [3.8, 4) is 5.88 Å². The average molecular weight is 405 g/mol. The zero-order valence-corrected chi connectivity index (χ0v) is 18.1. The molecule has 29 heavy (non-hydrogen) atoms. The van der Waals surface area contributed by atoms with Crippen LogP contribution < -0.4 is 10.1 Å². The zero-order chi connectivity index (χ0) is 21.6. The number of β-amino-alcohol motifs (C(OH)–C–C–N with tert-alkyl or cyclic N) is 1. The standard InChI is InChI=1S/C11H12N2O.C10H20N2O3/c1-3-8-6-7-12-9-4-5-10(14-2)13-11(8)9;1-10(2,3)15-9(14)11-7-5-12(4)6-8(7)13/h4-7H,3H2,1-2H3;7-8,13H,5-6H2,1-4H3,(H,11,14). The molecule has 160 valence electrons. The highest BCUT2D eigenvalue weighted by molar-refractivity contribution is 5.78. The first-order valence-corrected chi connectivity index (χ1v) is 9.77. The summed E-state index contributed by atoms with van der Waals surface area (Å²) >= 11 is 0. The summed E-state index contributed by atoms with van der Waals surface area (Å²) in [5.41, 5.74) is 2.56. The van der Waals surface area contributed by atoms with Gasteiger partial charge in [0.25, 0.3) is 0 Å². The van der Waals surface area contributed by atoms with E-state index in [4.69, 9.17) is 9.47 Å². The zero-order valence-electron chi connectivity index (χ0n) is 18.1. The van der Waals surface area contributed by atoms with Crippen LogP contribution in [0.2, 0.25) is 0 Å². The first kappa shape index (κ1) is 22.8. The number of carbonyl (C=O) groups is 1. The molecule has 0 aromatic carbocycles. The monoisotopic (exact) mass is 404 g/mol. The van der Waals surface area contributed by atoms with E-state index in [0.717, 1.165) is 17.5 Å². The Labute approximate surface area is 172 Å². The number of rotatable bonds is 3. The molecule has 0 radical (unpaired) electrons. The molecule has 1 saturated heterocycles. The first-order valence-electron chi connectivity index (χ1n) is 9.77. The normalized spacial score (nSPS) is 19.4. The SMILES string of the molecule is CCc1ccnc2ccc(OC)nc12.CN1CC(O)C(NC(=O)OC(C)(C)C)C1. The molecule has 3 heterocycles. The lowest BCUT2D eigenvalue weighted by molar-refractivity contribution is 0.0461. The number of alkyl carbamates (subject to hydrolysis) is 1. The highest BCUT2D eigenvalue weighted by atomic mass is 16.6.